The van der Waals surface area contributed by atoms with Gasteiger partial charge in [0.15, 0.2) is 0 Å². The average Bonchev–Trinajstić information content (AvgIpc) is 2.43. The molecule has 0 saturated carbocycles. The van der Waals surface area contributed by atoms with Gasteiger partial charge in [0.2, 0.25) is 0 Å². The highest BCUT2D eigenvalue weighted by Crippen LogP contribution is 2.21. The van der Waals surface area contributed by atoms with Crippen LogP contribution in [0.5, 0.6) is 0 Å². The van der Waals surface area contributed by atoms with Crippen molar-refractivity contribution in [1.29, 1.82) is 0 Å². The standard InChI is InChI=1S/C16H26FN3/c1-19(2)11-13-5-7-20(8-6-13)12-15-9-14(10-18)3-4-16(15)17/h3-4,9,13H,5-8,10-12,18H2,1-2H3. The van der Waals surface area contributed by atoms with Crippen molar-refractivity contribution >= 4 is 0 Å². The minimum atomic E-state index is -0.113. The Kier molecular flexibility index (Phi) is 5.52. The second-order valence-electron chi connectivity index (χ2n) is 6.11. The maximum atomic E-state index is 13.8. The summed E-state index contributed by atoms with van der Waals surface area (Å²) >= 11 is 0. The lowest BCUT2D eigenvalue weighted by molar-refractivity contribution is 0.155. The lowest BCUT2D eigenvalue weighted by Crippen LogP contribution is -2.36. The number of nitrogens with zero attached hydrogens (tertiary/aromatic N) is 2. The zero-order valence-electron chi connectivity index (χ0n) is 12.6. The van der Waals surface area contributed by atoms with Gasteiger partial charge in [0.1, 0.15) is 5.82 Å². The molecule has 1 fully saturated rings. The number of nitrogens with two attached hydrogens (primary N) is 1. The van der Waals surface area contributed by atoms with Crippen molar-refractivity contribution < 1.29 is 4.39 Å². The first-order valence-corrected chi connectivity index (χ1v) is 7.43. The number of rotatable bonds is 5. The highest BCUT2D eigenvalue weighted by molar-refractivity contribution is 5.25. The quantitative estimate of drug-likeness (QED) is 0.895. The first-order valence-electron chi connectivity index (χ1n) is 7.43. The molecule has 0 amide bonds. The Hall–Kier alpha value is -0.970. The molecule has 112 valence electrons. The van der Waals surface area contributed by atoms with E-state index in [4.69, 9.17) is 5.73 Å². The minimum Gasteiger partial charge on any atom is -0.326 e. The van der Waals surface area contributed by atoms with Gasteiger partial charge in [-0.25, -0.2) is 4.39 Å². The van der Waals surface area contributed by atoms with E-state index in [1.54, 1.807) is 6.07 Å². The average molecular weight is 279 g/mol. The van der Waals surface area contributed by atoms with Gasteiger partial charge in [-0.3, -0.25) is 4.90 Å². The SMILES string of the molecule is CN(C)CC1CCN(Cc2cc(CN)ccc2F)CC1. The monoisotopic (exact) mass is 279 g/mol. The first-order chi connectivity index (χ1) is 9.58. The maximum absolute atomic E-state index is 13.8. The molecule has 0 atom stereocenters. The Labute approximate surface area is 121 Å². The van der Waals surface area contributed by atoms with E-state index in [0.717, 1.165) is 36.7 Å². The van der Waals surface area contributed by atoms with Gasteiger partial charge < -0.3 is 10.6 Å². The van der Waals surface area contributed by atoms with Crippen LogP contribution in [-0.4, -0.2) is 43.5 Å². The number of benzene rings is 1. The van der Waals surface area contributed by atoms with Crippen LogP contribution in [0.1, 0.15) is 24.0 Å². The van der Waals surface area contributed by atoms with Gasteiger partial charge in [-0.2, -0.15) is 0 Å². The Bertz CT molecular complexity index is 426. The van der Waals surface area contributed by atoms with E-state index < -0.39 is 0 Å². The summed E-state index contributed by atoms with van der Waals surface area (Å²) in [5, 5.41) is 0. The fourth-order valence-electron chi connectivity index (χ4n) is 2.96. The smallest absolute Gasteiger partial charge is 0.127 e. The second kappa shape index (κ2) is 7.16. The van der Waals surface area contributed by atoms with Crippen molar-refractivity contribution in [2.45, 2.75) is 25.9 Å². The van der Waals surface area contributed by atoms with Gasteiger partial charge in [-0.05, 0) is 57.6 Å². The van der Waals surface area contributed by atoms with Gasteiger partial charge in [0.05, 0.1) is 0 Å². The Morgan fingerprint density at radius 3 is 2.60 bits per heavy atom. The van der Waals surface area contributed by atoms with Crippen LogP contribution in [0.4, 0.5) is 4.39 Å². The number of hydrogen-bond donors (Lipinski definition) is 1. The van der Waals surface area contributed by atoms with E-state index >= 15 is 0 Å². The molecule has 2 rings (SSSR count). The molecule has 1 heterocycles. The van der Waals surface area contributed by atoms with Gasteiger partial charge in [0, 0.05) is 25.2 Å². The third kappa shape index (κ3) is 4.27. The maximum Gasteiger partial charge on any atom is 0.127 e. The predicted molar refractivity (Wildman–Crippen MR) is 80.8 cm³/mol. The molecule has 1 aliphatic heterocycles. The molecule has 0 aromatic heterocycles. The van der Waals surface area contributed by atoms with Crippen molar-refractivity contribution in [2.24, 2.45) is 11.7 Å². The van der Waals surface area contributed by atoms with Crippen LogP contribution in [0.15, 0.2) is 18.2 Å². The predicted octanol–water partition coefficient (Wildman–Crippen LogP) is 2.06. The van der Waals surface area contributed by atoms with Crippen LogP contribution in [0.3, 0.4) is 0 Å². The summed E-state index contributed by atoms with van der Waals surface area (Å²) in [6.45, 7) is 4.45. The summed E-state index contributed by atoms with van der Waals surface area (Å²) in [5.41, 5.74) is 7.41. The fraction of sp³-hybridized carbons (Fsp3) is 0.625. The molecular formula is C16H26FN3. The molecule has 2 N–H and O–H groups in total. The van der Waals surface area contributed by atoms with E-state index in [9.17, 15) is 4.39 Å². The molecular weight excluding hydrogens is 253 g/mol. The van der Waals surface area contributed by atoms with E-state index in [1.807, 2.05) is 6.07 Å². The third-order valence-electron chi connectivity index (χ3n) is 4.07. The van der Waals surface area contributed by atoms with Crippen LogP contribution in [0, 0.1) is 11.7 Å². The number of piperidine rings is 1. The minimum absolute atomic E-state index is 0.113. The van der Waals surface area contributed by atoms with Crippen molar-refractivity contribution in [3.63, 3.8) is 0 Å². The number of halogens is 1. The molecule has 0 radical (unpaired) electrons. The molecule has 0 bridgehead atoms. The van der Waals surface area contributed by atoms with Crippen molar-refractivity contribution in [2.75, 3.05) is 33.7 Å². The molecule has 1 aromatic carbocycles. The summed E-state index contributed by atoms with van der Waals surface area (Å²) in [4.78, 5) is 4.61. The van der Waals surface area contributed by atoms with Crippen LogP contribution in [0.25, 0.3) is 0 Å². The lowest BCUT2D eigenvalue weighted by Gasteiger charge is -2.33. The second-order valence-corrected chi connectivity index (χ2v) is 6.11. The van der Waals surface area contributed by atoms with E-state index in [0.29, 0.717) is 13.1 Å². The summed E-state index contributed by atoms with van der Waals surface area (Å²) in [7, 11) is 4.25. The lowest BCUT2D eigenvalue weighted by atomic mass is 9.96. The molecule has 1 saturated heterocycles. The van der Waals surface area contributed by atoms with Crippen LogP contribution >= 0.6 is 0 Å². The fourth-order valence-corrected chi connectivity index (χ4v) is 2.96. The molecule has 20 heavy (non-hydrogen) atoms. The molecule has 4 heteroatoms. The van der Waals surface area contributed by atoms with Crippen molar-refractivity contribution in [3.05, 3.63) is 35.1 Å². The zero-order chi connectivity index (χ0) is 14.5. The van der Waals surface area contributed by atoms with Gasteiger partial charge in [-0.1, -0.05) is 12.1 Å². The van der Waals surface area contributed by atoms with E-state index in [-0.39, 0.29) is 5.82 Å². The highest BCUT2D eigenvalue weighted by Gasteiger charge is 2.20. The van der Waals surface area contributed by atoms with Crippen molar-refractivity contribution in [1.82, 2.24) is 9.80 Å². The molecule has 0 spiro atoms. The van der Waals surface area contributed by atoms with Crippen LogP contribution in [-0.2, 0) is 13.1 Å². The highest BCUT2D eigenvalue weighted by atomic mass is 19.1. The van der Waals surface area contributed by atoms with E-state index in [1.165, 1.54) is 18.9 Å². The van der Waals surface area contributed by atoms with E-state index in [2.05, 4.69) is 23.9 Å². The molecule has 0 unspecified atom stereocenters. The number of hydrogen-bond acceptors (Lipinski definition) is 3. The number of likely N-dealkylation sites (tertiary alicyclic amines) is 1. The summed E-state index contributed by atoms with van der Waals surface area (Å²) in [5.74, 6) is 0.666. The van der Waals surface area contributed by atoms with Gasteiger partial charge in [-0.15, -0.1) is 0 Å². The summed E-state index contributed by atoms with van der Waals surface area (Å²) in [6.07, 6.45) is 2.41. The largest absolute Gasteiger partial charge is 0.326 e. The van der Waals surface area contributed by atoms with Gasteiger partial charge >= 0.3 is 0 Å². The van der Waals surface area contributed by atoms with Gasteiger partial charge in [0.25, 0.3) is 0 Å². The topological polar surface area (TPSA) is 32.5 Å². The summed E-state index contributed by atoms with van der Waals surface area (Å²) in [6, 6.07) is 5.21. The molecule has 1 aliphatic rings. The molecule has 1 aromatic rings. The Balaban J connectivity index is 1.89. The first kappa shape index (κ1) is 15.4. The van der Waals surface area contributed by atoms with Crippen LogP contribution < -0.4 is 5.73 Å². The van der Waals surface area contributed by atoms with Crippen LogP contribution in [0.2, 0.25) is 0 Å². The zero-order valence-corrected chi connectivity index (χ0v) is 12.6. The van der Waals surface area contributed by atoms with Crippen molar-refractivity contribution in [3.8, 4) is 0 Å². The normalized spacial score (nSPS) is 17.9. The third-order valence-corrected chi connectivity index (χ3v) is 4.07. The Morgan fingerprint density at radius 2 is 2.00 bits per heavy atom. The molecule has 3 nitrogen and oxygen atoms in total. The molecule has 0 aliphatic carbocycles. The Morgan fingerprint density at radius 1 is 1.30 bits per heavy atom. The summed E-state index contributed by atoms with van der Waals surface area (Å²) < 4.78 is 13.8.